The lowest BCUT2D eigenvalue weighted by Crippen LogP contribution is -2.42. The van der Waals surface area contributed by atoms with Crippen LogP contribution in [0.15, 0.2) is 59.1 Å². The number of carbonyl (C=O) groups is 1. The van der Waals surface area contributed by atoms with Gasteiger partial charge in [-0.25, -0.2) is 4.98 Å². The van der Waals surface area contributed by atoms with E-state index in [1.165, 1.54) is 6.07 Å². The monoisotopic (exact) mass is 500 g/mol. The van der Waals surface area contributed by atoms with E-state index in [9.17, 15) is 4.79 Å². The summed E-state index contributed by atoms with van der Waals surface area (Å²) in [5.41, 5.74) is 3.45. The Morgan fingerprint density at radius 3 is 2.76 bits per heavy atom. The van der Waals surface area contributed by atoms with Crippen LogP contribution in [-0.4, -0.2) is 27.1 Å². The van der Waals surface area contributed by atoms with Gasteiger partial charge in [-0.2, -0.15) is 4.98 Å². The van der Waals surface area contributed by atoms with Gasteiger partial charge in [0.15, 0.2) is 22.4 Å². The Hall–Kier alpha value is -3.20. The van der Waals surface area contributed by atoms with E-state index in [0.717, 1.165) is 11.1 Å². The first kappa shape index (κ1) is 23.0. The van der Waals surface area contributed by atoms with Crippen molar-refractivity contribution in [3.63, 3.8) is 0 Å². The number of hydrogen-bond donors (Lipinski definition) is 2. The Balaban J connectivity index is 1.44. The molecule has 0 aliphatic rings. The quantitative estimate of drug-likeness (QED) is 0.335. The maximum atomic E-state index is 12.5. The minimum absolute atomic E-state index is 0.122. The summed E-state index contributed by atoms with van der Waals surface area (Å²) in [6, 6.07) is 13.9. The van der Waals surface area contributed by atoms with Crippen LogP contribution in [0, 0.1) is 6.92 Å². The van der Waals surface area contributed by atoms with Gasteiger partial charge in [0.2, 0.25) is 5.89 Å². The second kappa shape index (κ2) is 9.74. The number of oxazole rings is 1. The van der Waals surface area contributed by atoms with Gasteiger partial charge >= 0.3 is 0 Å². The molecule has 0 aliphatic heterocycles. The number of nitrogens with zero attached hydrogens (tertiary/aromatic N) is 2. The maximum Gasteiger partial charge on any atom is 0.266 e. The highest BCUT2D eigenvalue weighted by molar-refractivity contribution is 7.80. The third-order valence-electron chi connectivity index (χ3n) is 4.78. The summed E-state index contributed by atoms with van der Waals surface area (Å²) in [6.07, 6.45) is 0.815. The molecular weight excluding hydrogens is 483 g/mol. The summed E-state index contributed by atoms with van der Waals surface area (Å²) < 4.78 is 11.5. The van der Waals surface area contributed by atoms with Crippen LogP contribution in [0.25, 0.3) is 22.7 Å². The number of carbonyl (C=O) groups excluding carboxylic acids is 1. The molecule has 2 aromatic carbocycles. The first-order valence-electron chi connectivity index (χ1n) is 9.87. The van der Waals surface area contributed by atoms with Crippen molar-refractivity contribution in [2.75, 3.05) is 5.32 Å². The Bertz CT molecular complexity index is 1330. The van der Waals surface area contributed by atoms with Gasteiger partial charge in [0, 0.05) is 22.5 Å². The van der Waals surface area contributed by atoms with Crippen LogP contribution in [0.5, 0.6) is 5.75 Å². The average molecular weight is 501 g/mol. The molecule has 7 nitrogen and oxygen atoms in total. The molecule has 0 spiro atoms. The fraction of sp³-hybridized carbons (Fsp3) is 0.130. The van der Waals surface area contributed by atoms with Crippen molar-refractivity contribution in [1.82, 2.24) is 15.3 Å². The van der Waals surface area contributed by atoms with E-state index in [1.54, 1.807) is 37.4 Å². The number of nitrogens with one attached hydrogen (secondary N) is 2. The summed E-state index contributed by atoms with van der Waals surface area (Å²) in [7, 11) is 0. The molecule has 2 N–H and O–H groups in total. The molecule has 0 fully saturated rings. The van der Waals surface area contributed by atoms with E-state index in [4.69, 9.17) is 44.6 Å². The van der Waals surface area contributed by atoms with Crippen molar-refractivity contribution in [3.8, 4) is 17.2 Å². The standard InChI is InChI=1S/C23H18Cl2N4O3S/c1-12-15(22-28-20-19(32-22)7-4-10-26-20)5-3-6-17(12)27-23(33)29-21(30)13(2)31-18-9-8-14(24)11-16(18)25/h3-11,13H,1-2H3,(H2,27,29,30,33). The topological polar surface area (TPSA) is 89.3 Å². The first-order chi connectivity index (χ1) is 15.8. The van der Waals surface area contributed by atoms with Crippen LogP contribution in [0.3, 0.4) is 0 Å². The van der Waals surface area contributed by atoms with Gasteiger partial charge in [-0.3, -0.25) is 10.1 Å². The predicted octanol–water partition coefficient (Wildman–Crippen LogP) is 5.79. The first-order valence-corrected chi connectivity index (χ1v) is 11.0. The molecule has 4 rings (SSSR count). The number of aromatic nitrogens is 2. The zero-order valence-electron chi connectivity index (χ0n) is 17.6. The van der Waals surface area contributed by atoms with Crippen LogP contribution in [0.2, 0.25) is 10.0 Å². The molecule has 1 amide bonds. The van der Waals surface area contributed by atoms with Crippen molar-refractivity contribution < 1.29 is 13.9 Å². The van der Waals surface area contributed by atoms with E-state index >= 15 is 0 Å². The number of anilines is 1. The van der Waals surface area contributed by atoms with Gasteiger partial charge in [0.1, 0.15) is 5.75 Å². The number of ether oxygens (including phenoxy) is 1. The molecule has 1 unspecified atom stereocenters. The van der Waals surface area contributed by atoms with Crippen molar-refractivity contribution in [3.05, 3.63) is 70.3 Å². The third-order valence-corrected chi connectivity index (χ3v) is 5.52. The predicted molar refractivity (Wildman–Crippen MR) is 133 cm³/mol. The Morgan fingerprint density at radius 1 is 1.18 bits per heavy atom. The Labute approximate surface area is 205 Å². The minimum Gasteiger partial charge on any atom is -0.479 e. The van der Waals surface area contributed by atoms with Crippen molar-refractivity contribution in [2.24, 2.45) is 0 Å². The van der Waals surface area contributed by atoms with Crippen molar-refractivity contribution >= 4 is 63.4 Å². The second-order valence-corrected chi connectivity index (χ2v) is 8.35. The fourth-order valence-electron chi connectivity index (χ4n) is 3.07. The number of thiocarbonyl (C=S) groups is 1. The number of amides is 1. The number of pyridine rings is 1. The molecule has 2 heterocycles. The van der Waals surface area contributed by atoms with Crippen LogP contribution >= 0.6 is 35.4 Å². The lowest BCUT2D eigenvalue weighted by atomic mass is 10.1. The molecule has 0 saturated carbocycles. The molecule has 10 heteroatoms. The fourth-order valence-corrected chi connectivity index (χ4v) is 3.73. The normalized spacial score (nSPS) is 11.8. The summed E-state index contributed by atoms with van der Waals surface area (Å²) in [6.45, 7) is 3.49. The average Bonchev–Trinajstić information content (AvgIpc) is 3.21. The molecule has 1 atom stereocenters. The molecule has 0 aliphatic carbocycles. The lowest BCUT2D eigenvalue weighted by Gasteiger charge is -2.17. The Kier molecular flexibility index (Phi) is 6.78. The lowest BCUT2D eigenvalue weighted by molar-refractivity contribution is -0.125. The van der Waals surface area contributed by atoms with E-state index in [2.05, 4.69) is 20.6 Å². The van der Waals surface area contributed by atoms with Crippen LogP contribution in [-0.2, 0) is 4.79 Å². The van der Waals surface area contributed by atoms with Gasteiger partial charge in [0.25, 0.3) is 5.91 Å². The van der Waals surface area contributed by atoms with Gasteiger partial charge < -0.3 is 14.5 Å². The zero-order valence-corrected chi connectivity index (χ0v) is 19.9. The van der Waals surface area contributed by atoms with Crippen LogP contribution in [0.4, 0.5) is 5.69 Å². The molecule has 4 aromatic rings. The summed E-state index contributed by atoms with van der Waals surface area (Å²) in [4.78, 5) is 21.2. The molecule has 168 valence electrons. The van der Waals surface area contributed by atoms with Crippen LogP contribution < -0.4 is 15.4 Å². The number of benzene rings is 2. The van der Waals surface area contributed by atoms with E-state index in [1.807, 2.05) is 25.1 Å². The zero-order chi connectivity index (χ0) is 23.5. The molecule has 0 saturated heterocycles. The highest BCUT2D eigenvalue weighted by Gasteiger charge is 2.19. The van der Waals surface area contributed by atoms with Crippen molar-refractivity contribution in [1.29, 1.82) is 0 Å². The summed E-state index contributed by atoms with van der Waals surface area (Å²) in [5.74, 6) is 0.359. The molecular formula is C23H18Cl2N4O3S. The van der Waals surface area contributed by atoms with Crippen LogP contribution in [0.1, 0.15) is 12.5 Å². The van der Waals surface area contributed by atoms with E-state index in [-0.39, 0.29) is 5.11 Å². The summed E-state index contributed by atoms with van der Waals surface area (Å²) in [5, 5.41) is 6.57. The Morgan fingerprint density at radius 2 is 2.00 bits per heavy atom. The highest BCUT2D eigenvalue weighted by atomic mass is 35.5. The molecule has 2 aromatic heterocycles. The van der Waals surface area contributed by atoms with Gasteiger partial charge in [0.05, 0.1) is 5.02 Å². The number of rotatable bonds is 5. The molecule has 33 heavy (non-hydrogen) atoms. The third kappa shape index (κ3) is 5.24. The largest absolute Gasteiger partial charge is 0.479 e. The maximum absolute atomic E-state index is 12.5. The highest BCUT2D eigenvalue weighted by Crippen LogP contribution is 2.30. The number of fused-ring (bicyclic) bond motifs is 1. The van der Waals surface area contributed by atoms with Crippen molar-refractivity contribution in [2.45, 2.75) is 20.0 Å². The van der Waals surface area contributed by atoms with E-state index < -0.39 is 12.0 Å². The minimum atomic E-state index is -0.844. The number of halogens is 2. The van der Waals surface area contributed by atoms with Gasteiger partial charge in [-0.05, 0) is 74.1 Å². The SMILES string of the molecule is Cc1c(NC(=S)NC(=O)C(C)Oc2ccc(Cl)cc2Cl)cccc1-c1nc2ncccc2o1. The van der Waals surface area contributed by atoms with E-state index in [0.29, 0.717) is 38.6 Å². The van der Waals surface area contributed by atoms with Gasteiger partial charge in [-0.15, -0.1) is 0 Å². The molecule has 0 radical (unpaired) electrons. The number of hydrogen-bond acceptors (Lipinski definition) is 6. The second-order valence-electron chi connectivity index (χ2n) is 7.10. The summed E-state index contributed by atoms with van der Waals surface area (Å²) >= 11 is 17.3. The van der Waals surface area contributed by atoms with Gasteiger partial charge in [-0.1, -0.05) is 29.3 Å². The molecule has 0 bridgehead atoms. The smallest absolute Gasteiger partial charge is 0.266 e.